The molecule has 2 unspecified atom stereocenters. The first-order chi connectivity index (χ1) is 9.31. The van der Waals surface area contributed by atoms with Gasteiger partial charge in [-0.25, -0.2) is 0 Å². The molecule has 0 amide bonds. The fourth-order valence-corrected chi connectivity index (χ4v) is 2.55. The van der Waals surface area contributed by atoms with E-state index in [2.05, 4.69) is 48.1 Å². The van der Waals surface area contributed by atoms with Crippen LogP contribution in [0.25, 0.3) is 0 Å². The molecule has 0 N–H and O–H groups in total. The zero-order chi connectivity index (χ0) is 13.5. The summed E-state index contributed by atoms with van der Waals surface area (Å²) in [6.07, 6.45) is 11.2. The van der Waals surface area contributed by atoms with E-state index in [9.17, 15) is 0 Å². The van der Waals surface area contributed by atoms with E-state index in [4.69, 9.17) is 0 Å². The molecule has 0 radical (unpaired) electrons. The normalized spacial score (nSPS) is 14.0. The molecule has 2 rings (SSSR count). The quantitative estimate of drug-likeness (QED) is 0.755. The smallest absolute Gasteiger partial charge is 0.0270 e. The molecule has 2 heterocycles. The molecule has 0 spiro atoms. The molecular formula is C17H22N2. The van der Waals surface area contributed by atoms with Crippen LogP contribution in [0.1, 0.15) is 56.1 Å². The molecule has 0 aliphatic heterocycles. The van der Waals surface area contributed by atoms with E-state index in [0.717, 1.165) is 0 Å². The Balaban J connectivity index is 1.94. The van der Waals surface area contributed by atoms with Crippen molar-refractivity contribution in [2.75, 3.05) is 0 Å². The Hall–Kier alpha value is -1.70. The van der Waals surface area contributed by atoms with E-state index < -0.39 is 0 Å². The Morgan fingerprint density at radius 2 is 1.37 bits per heavy atom. The standard InChI is InChI=1S/C17H22N2/c1-3-15(17-8-12-19-13-9-17)5-4-14(2)16-6-10-18-11-7-16/h6-15H,3-5H2,1-2H3. The highest BCUT2D eigenvalue weighted by Crippen LogP contribution is 2.29. The Labute approximate surface area is 115 Å². The van der Waals surface area contributed by atoms with Gasteiger partial charge in [-0.15, -0.1) is 0 Å². The number of hydrogen-bond donors (Lipinski definition) is 0. The van der Waals surface area contributed by atoms with Crippen molar-refractivity contribution in [3.63, 3.8) is 0 Å². The molecule has 19 heavy (non-hydrogen) atoms. The minimum absolute atomic E-state index is 0.596. The van der Waals surface area contributed by atoms with E-state index in [1.807, 2.05) is 24.8 Å². The summed E-state index contributed by atoms with van der Waals surface area (Å²) >= 11 is 0. The molecule has 0 aliphatic rings. The van der Waals surface area contributed by atoms with Crippen molar-refractivity contribution >= 4 is 0 Å². The lowest BCUT2D eigenvalue weighted by Gasteiger charge is -2.18. The molecule has 0 aliphatic carbocycles. The van der Waals surface area contributed by atoms with Crippen LogP contribution in [0.4, 0.5) is 0 Å². The number of rotatable bonds is 6. The third kappa shape index (κ3) is 3.88. The lowest BCUT2D eigenvalue weighted by atomic mass is 9.87. The average molecular weight is 254 g/mol. The third-order valence-electron chi connectivity index (χ3n) is 3.89. The molecule has 2 atom stereocenters. The summed E-state index contributed by atoms with van der Waals surface area (Å²) in [7, 11) is 0. The predicted octanol–water partition coefficient (Wildman–Crippen LogP) is 4.55. The van der Waals surface area contributed by atoms with Gasteiger partial charge in [-0.2, -0.15) is 0 Å². The average Bonchev–Trinajstić information content (AvgIpc) is 2.49. The SMILES string of the molecule is CCC(CCC(C)c1ccncc1)c1ccncc1. The van der Waals surface area contributed by atoms with Crippen LogP contribution in [0.15, 0.2) is 49.1 Å². The van der Waals surface area contributed by atoms with Crippen molar-refractivity contribution in [1.82, 2.24) is 9.97 Å². The highest BCUT2D eigenvalue weighted by atomic mass is 14.6. The van der Waals surface area contributed by atoms with Crippen LogP contribution in [0.3, 0.4) is 0 Å². The number of aromatic nitrogens is 2. The zero-order valence-corrected chi connectivity index (χ0v) is 11.8. The van der Waals surface area contributed by atoms with Gasteiger partial charge in [0.05, 0.1) is 0 Å². The fourth-order valence-electron chi connectivity index (χ4n) is 2.55. The van der Waals surface area contributed by atoms with E-state index in [1.54, 1.807) is 0 Å². The summed E-state index contributed by atoms with van der Waals surface area (Å²) < 4.78 is 0. The molecule has 0 bridgehead atoms. The predicted molar refractivity (Wildman–Crippen MR) is 79.2 cm³/mol. The van der Waals surface area contributed by atoms with E-state index in [0.29, 0.717) is 11.8 Å². The van der Waals surface area contributed by atoms with E-state index >= 15 is 0 Å². The van der Waals surface area contributed by atoms with Gasteiger partial charge in [0, 0.05) is 24.8 Å². The van der Waals surface area contributed by atoms with Crippen LogP contribution in [0.5, 0.6) is 0 Å². The summed E-state index contributed by atoms with van der Waals surface area (Å²) in [5.74, 6) is 1.24. The molecule has 2 nitrogen and oxygen atoms in total. The van der Waals surface area contributed by atoms with Gasteiger partial charge >= 0.3 is 0 Å². The van der Waals surface area contributed by atoms with Gasteiger partial charge < -0.3 is 0 Å². The second kappa shape index (κ2) is 7.03. The van der Waals surface area contributed by atoms with Crippen molar-refractivity contribution in [3.8, 4) is 0 Å². The maximum atomic E-state index is 4.10. The molecule has 2 heteroatoms. The fraction of sp³-hybridized carbons (Fsp3) is 0.412. The van der Waals surface area contributed by atoms with Gasteiger partial charge in [0.15, 0.2) is 0 Å². The minimum atomic E-state index is 0.596. The van der Waals surface area contributed by atoms with Gasteiger partial charge in [0.2, 0.25) is 0 Å². The Kier molecular flexibility index (Phi) is 5.08. The molecule has 2 aromatic rings. The second-order valence-electron chi connectivity index (χ2n) is 5.14. The third-order valence-corrected chi connectivity index (χ3v) is 3.89. The Morgan fingerprint density at radius 1 is 0.842 bits per heavy atom. The Morgan fingerprint density at radius 3 is 1.89 bits per heavy atom. The van der Waals surface area contributed by atoms with E-state index in [1.165, 1.54) is 30.4 Å². The van der Waals surface area contributed by atoms with Crippen molar-refractivity contribution in [3.05, 3.63) is 60.2 Å². The van der Waals surface area contributed by atoms with Crippen molar-refractivity contribution < 1.29 is 0 Å². The number of hydrogen-bond acceptors (Lipinski definition) is 2. The first kappa shape index (κ1) is 13.7. The summed E-state index contributed by atoms with van der Waals surface area (Å²) in [6, 6.07) is 8.53. The molecule has 100 valence electrons. The summed E-state index contributed by atoms with van der Waals surface area (Å²) in [4.78, 5) is 8.18. The molecule has 0 fully saturated rings. The van der Waals surface area contributed by atoms with Crippen molar-refractivity contribution in [2.45, 2.75) is 44.9 Å². The molecule has 0 saturated carbocycles. The summed E-state index contributed by atoms with van der Waals surface area (Å²) in [5, 5.41) is 0. The lowest BCUT2D eigenvalue weighted by molar-refractivity contribution is 0.535. The molecule has 0 aromatic carbocycles. The van der Waals surface area contributed by atoms with Crippen LogP contribution in [0.2, 0.25) is 0 Å². The van der Waals surface area contributed by atoms with Crippen LogP contribution >= 0.6 is 0 Å². The van der Waals surface area contributed by atoms with Crippen LogP contribution in [0, 0.1) is 0 Å². The van der Waals surface area contributed by atoms with Gasteiger partial charge in [-0.1, -0.05) is 13.8 Å². The minimum Gasteiger partial charge on any atom is -0.265 e. The van der Waals surface area contributed by atoms with Crippen LogP contribution < -0.4 is 0 Å². The van der Waals surface area contributed by atoms with Gasteiger partial charge in [0.25, 0.3) is 0 Å². The summed E-state index contributed by atoms with van der Waals surface area (Å²) in [6.45, 7) is 4.57. The number of nitrogens with zero attached hydrogens (tertiary/aromatic N) is 2. The van der Waals surface area contributed by atoms with Crippen LogP contribution in [-0.4, -0.2) is 9.97 Å². The van der Waals surface area contributed by atoms with Gasteiger partial charge in [-0.3, -0.25) is 9.97 Å². The van der Waals surface area contributed by atoms with Crippen molar-refractivity contribution in [2.24, 2.45) is 0 Å². The topological polar surface area (TPSA) is 25.8 Å². The molecule has 2 aromatic heterocycles. The zero-order valence-electron chi connectivity index (χ0n) is 11.8. The first-order valence-electron chi connectivity index (χ1n) is 7.11. The highest BCUT2D eigenvalue weighted by Gasteiger charge is 2.12. The summed E-state index contributed by atoms with van der Waals surface area (Å²) in [5.41, 5.74) is 2.80. The van der Waals surface area contributed by atoms with Crippen LogP contribution in [-0.2, 0) is 0 Å². The Bertz CT molecular complexity index is 467. The number of pyridine rings is 2. The van der Waals surface area contributed by atoms with Crippen molar-refractivity contribution in [1.29, 1.82) is 0 Å². The highest BCUT2D eigenvalue weighted by molar-refractivity contribution is 5.17. The van der Waals surface area contributed by atoms with E-state index in [-0.39, 0.29) is 0 Å². The maximum absolute atomic E-state index is 4.10. The largest absolute Gasteiger partial charge is 0.265 e. The monoisotopic (exact) mass is 254 g/mol. The lowest BCUT2D eigenvalue weighted by Crippen LogP contribution is -2.01. The molecular weight excluding hydrogens is 232 g/mol. The second-order valence-corrected chi connectivity index (χ2v) is 5.14. The molecule has 0 saturated heterocycles. The maximum Gasteiger partial charge on any atom is 0.0270 e. The first-order valence-corrected chi connectivity index (χ1v) is 7.11. The van der Waals surface area contributed by atoms with Gasteiger partial charge in [0.1, 0.15) is 0 Å². The van der Waals surface area contributed by atoms with Gasteiger partial charge in [-0.05, 0) is 66.5 Å².